The number of carbonyl (C=O) groups excluding carboxylic acids is 1. The molecule has 150 valence electrons. The first kappa shape index (κ1) is 18.6. The van der Waals surface area contributed by atoms with Crippen molar-refractivity contribution < 1.29 is 9.32 Å². The molecule has 4 heterocycles. The molecular formula is C22H18ClN5O2. The van der Waals surface area contributed by atoms with E-state index in [4.69, 9.17) is 16.1 Å². The lowest BCUT2D eigenvalue weighted by Gasteiger charge is -2.26. The second-order valence-corrected chi connectivity index (χ2v) is 7.60. The molecule has 0 aliphatic carbocycles. The van der Waals surface area contributed by atoms with Crippen LogP contribution in [-0.2, 0) is 13.0 Å². The molecule has 0 saturated heterocycles. The molecule has 0 N–H and O–H groups in total. The van der Waals surface area contributed by atoms with Gasteiger partial charge >= 0.3 is 0 Å². The molecule has 0 saturated carbocycles. The van der Waals surface area contributed by atoms with Crippen LogP contribution in [0.15, 0.2) is 59.4 Å². The van der Waals surface area contributed by atoms with E-state index in [0.29, 0.717) is 41.7 Å². The molecule has 7 nitrogen and oxygen atoms in total. The number of fused-ring (bicyclic) bond motifs is 1. The molecule has 0 spiro atoms. The monoisotopic (exact) mass is 419 g/mol. The van der Waals surface area contributed by atoms with Gasteiger partial charge in [0.1, 0.15) is 0 Å². The smallest absolute Gasteiger partial charge is 0.257 e. The lowest BCUT2D eigenvalue weighted by atomic mass is 10.0. The predicted molar refractivity (Wildman–Crippen MR) is 111 cm³/mol. The highest BCUT2D eigenvalue weighted by Gasteiger charge is 2.29. The molecule has 5 rings (SSSR count). The van der Waals surface area contributed by atoms with Crippen molar-refractivity contribution in [3.8, 4) is 17.1 Å². The molecule has 3 aromatic heterocycles. The maximum absolute atomic E-state index is 13.3. The van der Waals surface area contributed by atoms with E-state index in [9.17, 15) is 4.79 Å². The summed E-state index contributed by atoms with van der Waals surface area (Å²) in [5.74, 6) is 1.29. The molecule has 1 aromatic carbocycles. The lowest BCUT2D eigenvalue weighted by molar-refractivity contribution is 0.0734. The van der Waals surface area contributed by atoms with Crippen molar-refractivity contribution in [1.82, 2.24) is 24.8 Å². The molecule has 30 heavy (non-hydrogen) atoms. The fourth-order valence-corrected chi connectivity index (χ4v) is 3.84. The molecule has 8 heteroatoms. The number of hydrogen-bond acceptors (Lipinski definition) is 5. The third-order valence-electron chi connectivity index (χ3n) is 5.34. The molecule has 1 aliphatic rings. The molecule has 0 bridgehead atoms. The van der Waals surface area contributed by atoms with E-state index < -0.39 is 0 Å². The number of carbonyl (C=O) groups is 1. The van der Waals surface area contributed by atoms with Gasteiger partial charge in [0.25, 0.3) is 5.91 Å². The Morgan fingerprint density at radius 2 is 2.00 bits per heavy atom. The van der Waals surface area contributed by atoms with E-state index >= 15 is 0 Å². The zero-order valence-corrected chi connectivity index (χ0v) is 17.0. The summed E-state index contributed by atoms with van der Waals surface area (Å²) in [7, 11) is 0. The molecule has 1 aliphatic heterocycles. The van der Waals surface area contributed by atoms with E-state index in [1.54, 1.807) is 17.1 Å². The standard InChI is InChI=1S/C22H18ClN5O2/c1-14-17(12-25-28(14)20-4-2-3-10-24-20)22(29)27-11-9-19-18(13-27)21(30-26-19)15-5-7-16(23)8-6-15/h2-8,10,12H,9,11,13H2,1H3. The highest BCUT2D eigenvalue weighted by molar-refractivity contribution is 6.30. The fraction of sp³-hybridized carbons (Fsp3) is 0.182. The summed E-state index contributed by atoms with van der Waals surface area (Å²) >= 11 is 6.00. The van der Waals surface area contributed by atoms with Crippen molar-refractivity contribution >= 4 is 17.5 Å². The number of rotatable bonds is 3. The van der Waals surface area contributed by atoms with Gasteiger partial charge in [-0.1, -0.05) is 22.8 Å². The Labute approximate surface area is 177 Å². The van der Waals surface area contributed by atoms with Gasteiger partial charge in [-0.2, -0.15) is 5.10 Å². The minimum absolute atomic E-state index is 0.0661. The van der Waals surface area contributed by atoms with Crippen LogP contribution in [0.2, 0.25) is 5.02 Å². The number of nitrogens with zero attached hydrogens (tertiary/aromatic N) is 5. The third kappa shape index (κ3) is 3.17. The molecular weight excluding hydrogens is 402 g/mol. The second kappa shape index (κ2) is 7.42. The Morgan fingerprint density at radius 1 is 1.17 bits per heavy atom. The summed E-state index contributed by atoms with van der Waals surface area (Å²) in [4.78, 5) is 19.4. The number of amides is 1. The molecule has 4 aromatic rings. The van der Waals surface area contributed by atoms with Gasteiger partial charge < -0.3 is 9.42 Å². The van der Waals surface area contributed by atoms with Crippen LogP contribution >= 0.6 is 11.6 Å². The fourth-order valence-electron chi connectivity index (χ4n) is 3.71. The Morgan fingerprint density at radius 3 is 2.77 bits per heavy atom. The lowest BCUT2D eigenvalue weighted by Crippen LogP contribution is -2.36. The van der Waals surface area contributed by atoms with Crippen molar-refractivity contribution in [2.75, 3.05) is 6.54 Å². The first-order chi connectivity index (χ1) is 14.6. The normalized spacial score (nSPS) is 13.3. The number of halogens is 1. The van der Waals surface area contributed by atoms with Gasteiger partial charge in [-0.15, -0.1) is 0 Å². The largest absolute Gasteiger partial charge is 0.356 e. The van der Waals surface area contributed by atoms with E-state index in [-0.39, 0.29) is 5.91 Å². The average Bonchev–Trinajstić information content (AvgIpc) is 3.37. The van der Waals surface area contributed by atoms with Gasteiger partial charge in [-0.3, -0.25) is 4.79 Å². The van der Waals surface area contributed by atoms with Gasteiger partial charge in [-0.25, -0.2) is 9.67 Å². The van der Waals surface area contributed by atoms with Crippen LogP contribution in [-0.4, -0.2) is 37.3 Å². The summed E-state index contributed by atoms with van der Waals surface area (Å²) in [6.45, 7) is 2.89. The van der Waals surface area contributed by atoms with Crippen molar-refractivity contribution in [3.05, 3.63) is 82.4 Å². The van der Waals surface area contributed by atoms with Crippen LogP contribution in [0.4, 0.5) is 0 Å². The predicted octanol–water partition coefficient (Wildman–Crippen LogP) is 4.08. The summed E-state index contributed by atoms with van der Waals surface area (Å²) in [5, 5.41) is 9.24. The van der Waals surface area contributed by atoms with Crippen LogP contribution in [0.3, 0.4) is 0 Å². The quantitative estimate of drug-likeness (QED) is 0.500. The van der Waals surface area contributed by atoms with E-state index in [1.807, 2.05) is 54.3 Å². The van der Waals surface area contributed by atoms with Crippen LogP contribution in [0.25, 0.3) is 17.1 Å². The van der Waals surface area contributed by atoms with Gasteiger partial charge in [0.2, 0.25) is 0 Å². The van der Waals surface area contributed by atoms with Crippen molar-refractivity contribution in [2.24, 2.45) is 0 Å². The van der Waals surface area contributed by atoms with Crippen LogP contribution in [0, 0.1) is 6.92 Å². The van der Waals surface area contributed by atoms with Crippen molar-refractivity contribution in [2.45, 2.75) is 19.9 Å². The highest BCUT2D eigenvalue weighted by atomic mass is 35.5. The maximum Gasteiger partial charge on any atom is 0.257 e. The SMILES string of the molecule is Cc1c(C(=O)N2CCc3noc(-c4ccc(Cl)cc4)c3C2)cnn1-c1ccccn1. The first-order valence-electron chi connectivity index (χ1n) is 9.60. The third-order valence-corrected chi connectivity index (χ3v) is 5.59. The summed E-state index contributed by atoms with van der Waals surface area (Å²) < 4.78 is 7.29. The van der Waals surface area contributed by atoms with Gasteiger partial charge in [-0.05, 0) is 43.3 Å². The van der Waals surface area contributed by atoms with Crippen molar-refractivity contribution in [1.29, 1.82) is 0 Å². The van der Waals surface area contributed by atoms with E-state index in [2.05, 4.69) is 15.2 Å². The van der Waals surface area contributed by atoms with E-state index in [0.717, 1.165) is 22.5 Å². The minimum Gasteiger partial charge on any atom is -0.356 e. The number of aromatic nitrogens is 4. The van der Waals surface area contributed by atoms with Gasteiger partial charge in [0.05, 0.1) is 29.7 Å². The number of pyridine rings is 1. The Kier molecular flexibility index (Phi) is 4.59. The Hall–Kier alpha value is -3.45. The molecule has 0 atom stereocenters. The van der Waals surface area contributed by atoms with Crippen LogP contribution < -0.4 is 0 Å². The summed E-state index contributed by atoms with van der Waals surface area (Å²) in [6.07, 6.45) is 3.95. The number of benzene rings is 1. The van der Waals surface area contributed by atoms with Crippen molar-refractivity contribution in [3.63, 3.8) is 0 Å². The summed E-state index contributed by atoms with van der Waals surface area (Å²) in [5.41, 5.74) is 4.04. The highest BCUT2D eigenvalue weighted by Crippen LogP contribution is 2.32. The van der Waals surface area contributed by atoms with Gasteiger partial charge in [0, 0.05) is 35.3 Å². The van der Waals surface area contributed by atoms with E-state index in [1.165, 1.54) is 0 Å². The zero-order valence-electron chi connectivity index (χ0n) is 16.2. The van der Waals surface area contributed by atoms with Crippen LogP contribution in [0.1, 0.15) is 27.3 Å². The second-order valence-electron chi connectivity index (χ2n) is 7.16. The maximum atomic E-state index is 13.3. The first-order valence-corrected chi connectivity index (χ1v) is 9.98. The minimum atomic E-state index is -0.0661. The van der Waals surface area contributed by atoms with Gasteiger partial charge in [0.15, 0.2) is 11.6 Å². The number of hydrogen-bond donors (Lipinski definition) is 0. The molecule has 1 amide bonds. The molecule has 0 radical (unpaired) electrons. The topological polar surface area (TPSA) is 77.0 Å². The summed E-state index contributed by atoms with van der Waals surface area (Å²) in [6, 6.07) is 13.0. The Bertz CT molecular complexity index is 1210. The zero-order chi connectivity index (χ0) is 20.7. The molecule has 0 fully saturated rings. The molecule has 0 unspecified atom stereocenters. The van der Waals surface area contributed by atoms with Crippen LogP contribution in [0.5, 0.6) is 0 Å². The average molecular weight is 420 g/mol. The Balaban J connectivity index is 1.43.